The predicted octanol–water partition coefficient (Wildman–Crippen LogP) is 3.29. The summed E-state index contributed by atoms with van der Waals surface area (Å²) in [6.45, 7) is 1.35. The molecule has 0 saturated heterocycles. The van der Waals surface area contributed by atoms with Crippen LogP contribution in [-0.4, -0.2) is 41.6 Å². The summed E-state index contributed by atoms with van der Waals surface area (Å²) >= 11 is 1.32. The first-order chi connectivity index (χ1) is 15.4. The van der Waals surface area contributed by atoms with Gasteiger partial charge in [0, 0.05) is 17.9 Å². The molecular formula is C20H19FN6O3S2. The highest BCUT2D eigenvalue weighted by Crippen LogP contribution is 2.33. The van der Waals surface area contributed by atoms with Gasteiger partial charge in [-0.1, -0.05) is 11.3 Å². The van der Waals surface area contributed by atoms with Gasteiger partial charge in [-0.15, -0.1) is 0 Å². The van der Waals surface area contributed by atoms with Crippen LogP contribution in [0.25, 0.3) is 10.3 Å². The quantitative estimate of drug-likeness (QED) is 0.306. The SMILES string of the molecule is Cc1cc(Nc2ncnc3nc(Nc4ccc(S(=O)(=O)NCCO)cc4)sc23)ccc1F. The first-order valence-corrected chi connectivity index (χ1v) is 11.8. The predicted molar refractivity (Wildman–Crippen MR) is 122 cm³/mol. The first-order valence-electron chi connectivity index (χ1n) is 9.48. The third kappa shape index (κ3) is 4.83. The topological polar surface area (TPSA) is 129 Å². The van der Waals surface area contributed by atoms with Crippen molar-refractivity contribution in [3.63, 3.8) is 0 Å². The summed E-state index contributed by atoms with van der Waals surface area (Å²) in [5, 5.41) is 15.6. The molecule has 12 heteroatoms. The van der Waals surface area contributed by atoms with E-state index in [0.29, 0.717) is 38.2 Å². The first kappa shape index (κ1) is 22.0. The molecule has 9 nitrogen and oxygen atoms in total. The Kier molecular flexibility index (Phi) is 6.28. The molecule has 0 fully saturated rings. The second kappa shape index (κ2) is 9.12. The zero-order valence-electron chi connectivity index (χ0n) is 16.8. The molecular weight excluding hydrogens is 455 g/mol. The summed E-state index contributed by atoms with van der Waals surface area (Å²) in [5.74, 6) is 0.263. The summed E-state index contributed by atoms with van der Waals surface area (Å²) in [4.78, 5) is 13.0. The van der Waals surface area contributed by atoms with Gasteiger partial charge in [-0.3, -0.25) is 0 Å². The molecule has 0 spiro atoms. The minimum absolute atomic E-state index is 0.0526. The lowest BCUT2D eigenvalue weighted by molar-refractivity contribution is 0.301. The summed E-state index contributed by atoms with van der Waals surface area (Å²) in [7, 11) is -3.67. The van der Waals surface area contributed by atoms with Gasteiger partial charge in [-0.25, -0.2) is 27.5 Å². The number of sulfonamides is 1. The smallest absolute Gasteiger partial charge is 0.240 e. The zero-order chi connectivity index (χ0) is 22.7. The van der Waals surface area contributed by atoms with Gasteiger partial charge in [0.15, 0.2) is 16.6 Å². The monoisotopic (exact) mass is 474 g/mol. The van der Waals surface area contributed by atoms with Crippen LogP contribution in [0.5, 0.6) is 0 Å². The number of fused-ring (bicyclic) bond motifs is 1. The molecule has 32 heavy (non-hydrogen) atoms. The van der Waals surface area contributed by atoms with E-state index in [2.05, 4.69) is 30.3 Å². The lowest BCUT2D eigenvalue weighted by Gasteiger charge is -2.07. The molecule has 0 bridgehead atoms. The number of aryl methyl sites for hydroxylation is 1. The maximum Gasteiger partial charge on any atom is 0.240 e. The maximum absolute atomic E-state index is 13.5. The fourth-order valence-corrected chi connectivity index (χ4v) is 4.77. The van der Waals surface area contributed by atoms with Crippen LogP contribution in [0.2, 0.25) is 0 Å². The fourth-order valence-electron chi connectivity index (χ4n) is 2.86. The molecule has 0 aliphatic rings. The number of thiazole rings is 1. The van der Waals surface area contributed by atoms with Gasteiger partial charge in [0.2, 0.25) is 10.0 Å². The van der Waals surface area contributed by atoms with Crippen molar-refractivity contribution < 1.29 is 17.9 Å². The third-order valence-electron chi connectivity index (χ3n) is 4.43. The molecule has 4 aromatic rings. The summed E-state index contributed by atoms with van der Waals surface area (Å²) < 4.78 is 40.8. The number of hydrogen-bond acceptors (Lipinski definition) is 9. The highest BCUT2D eigenvalue weighted by molar-refractivity contribution is 7.89. The Morgan fingerprint density at radius 2 is 1.81 bits per heavy atom. The van der Waals surface area contributed by atoms with E-state index in [1.54, 1.807) is 31.2 Å². The van der Waals surface area contributed by atoms with Gasteiger partial charge in [0.25, 0.3) is 0 Å². The van der Waals surface area contributed by atoms with Crippen LogP contribution in [-0.2, 0) is 10.0 Å². The number of aliphatic hydroxyl groups is 1. The van der Waals surface area contributed by atoms with E-state index in [0.717, 1.165) is 0 Å². The van der Waals surface area contributed by atoms with Crippen molar-refractivity contribution in [2.45, 2.75) is 11.8 Å². The lowest BCUT2D eigenvalue weighted by atomic mass is 10.2. The van der Waals surface area contributed by atoms with E-state index in [9.17, 15) is 12.8 Å². The molecule has 0 aliphatic carbocycles. The largest absolute Gasteiger partial charge is 0.395 e. The average Bonchev–Trinajstić information content (AvgIpc) is 3.19. The number of hydrogen-bond donors (Lipinski definition) is 4. The lowest BCUT2D eigenvalue weighted by Crippen LogP contribution is -2.26. The Balaban J connectivity index is 1.54. The molecule has 4 N–H and O–H groups in total. The average molecular weight is 475 g/mol. The second-order valence-electron chi connectivity index (χ2n) is 6.75. The number of nitrogens with zero attached hydrogens (tertiary/aromatic N) is 3. The van der Waals surface area contributed by atoms with Crippen molar-refractivity contribution in [2.24, 2.45) is 0 Å². The minimum Gasteiger partial charge on any atom is -0.395 e. The van der Waals surface area contributed by atoms with Crippen molar-refractivity contribution in [2.75, 3.05) is 23.8 Å². The number of nitrogens with one attached hydrogen (secondary N) is 3. The second-order valence-corrected chi connectivity index (χ2v) is 9.52. The molecule has 0 saturated carbocycles. The third-order valence-corrected chi connectivity index (χ3v) is 6.88. The molecule has 166 valence electrons. The van der Waals surface area contributed by atoms with Gasteiger partial charge in [-0.2, -0.15) is 4.98 Å². The van der Waals surface area contributed by atoms with Crippen LogP contribution >= 0.6 is 11.3 Å². The molecule has 2 aromatic heterocycles. The summed E-state index contributed by atoms with van der Waals surface area (Å²) in [5.41, 5.74) is 2.34. The highest BCUT2D eigenvalue weighted by Gasteiger charge is 2.14. The molecule has 0 atom stereocenters. The number of halogens is 1. The molecule has 0 aliphatic heterocycles. The highest BCUT2D eigenvalue weighted by atomic mass is 32.2. The van der Waals surface area contributed by atoms with Crippen molar-refractivity contribution in [1.29, 1.82) is 0 Å². The Bertz CT molecular complexity index is 1360. The fraction of sp³-hybridized carbons (Fsp3) is 0.150. The summed E-state index contributed by atoms with van der Waals surface area (Å²) in [6, 6.07) is 10.9. The van der Waals surface area contributed by atoms with Crippen molar-refractivity contribution in [3.05, 3.63) is 60.2 Å². The minimum atomic E-state index is -3.67. The van der Waals surface area contributed by atoms with Crippen LogP contribution in [0.15, 0.2) is 53.7 Å². The standard InChI is InChI=1S/C20H19FN6O3S2/c1-12-10-14(4-7-16(12)21)25-18-17-19(23-11-22-18)27-20(31-17)26-13-2-5-15(6-3-13)32(29,30)24-8-9-28/h2-7,10-11,24,28H,8-9H2,1H3,(H2,22,23,25,26,27). The Labute approximate surface area is 187 Å². The van der Waals surface area contributed by atoms with E-state index >= 15 is 0 Å². The van der Waals surface area contributed by atoms with Crippen LogP contribution in [0, 0.1) is 12.7 Å². The molecule has 0 unspecified atom stereocenters. The van der Waals surface area contributed by atoms with E-state index in [4.69, 9.17) is 5.11 Å². The van der Waals surface area contributed by atoms with Crippen molar-refractivity contribution in [3.8, 4) is 0 Å². The summed E-state index contributed by atoms with van der Waals surface area (Å²) in [6.07, 6.45) is 1.39. The van der Waals surface area contributed by atoms with E-state index in [1.165, 1.54) is 35.9 Å². The van der Waals surface area contributed by atoms with Crippen LogP contribution in [0.4, 0.5) is 26.7 Å². The molecule has 2 aromatic carbocycles. The molecule has 4 rings (SSSR count). The van der Waals surface area contributed by atoms with Crippen LogP contribution < -0.4 is 15.4 Å². The van der Waals surface area contributed by atoms with Gasteiger partial charge in [-0.05, 0) is 55.0 Å². The number of rotatable bonds is 8. The van der Waals surface area contributed by atoms with Gasteiger partial charge >= 0.3 is 0 Å². The zero-order valence-corrected chi connectivity index (χ0v) is 18.5. The van der Waals surface area contributed by atoms with Gasteiger partial charge < -0.3 is 15.7 Å². The normalized spacial score (nSPS) is 11.6. The van der Waals surface area contributed by atoms with Crippen LogP contribution in [0.1, 0.15) is 5.56 Å². The maximum atomic E-state index is 13.5. The Morgan fingerprint density at radius 1 is 1.06 bits per heavy atom. The van der Waals surface area contributed by atoms with Crippen molar-refractivity contribution >= 4 is 54.0 Å². The molecule has 2 heterocycles. The Hall–Kier alpha value is -3.19. The van der Waals surface area contributed by atoms with E-state index in [1.807, 2.05) is 0 Å². The van der Waals surface area contributed by atoms with E-state index in [-0.39, 0.29) is 23.9 Å². The van der Waals surface area contributed by atoms with Crippen LogP contribution in [0.3, 0.4) is 0 Å². The van der Waals surface area contributed by atoms with E-state index < -0.39 is 10.0 Å². The van der Waals surface area contributed by atoms with Gasteiger partial charge in [0.05, 0.1) is 11.5 Å². The molecule has 0 amide bonds. The number of aromatic nitrogens is 3. The Morgan fingerprint density at radius 3 is 2.53 bits per heavy atom. The number of aliphatic hydroxyl groups excluding tert-OH is 1. The van der Waals surface area contributed by atoms with Crippen molar-refractivity contribution in [1.82, 2.24) is 19.7 Å². The number of anilines is 4. The molecule has 0 radical (unpaired) electrons. The van der Waals surface area contributed by atoms with Gasteiger partial charge in [0.1, 0.15) is 16.8 Å². The number of benzene rings is 2.